The van der Waals surface area contributed by atoms with Gasteiger partial charge in [0.1, 0.15) is 5.75 Å². The fourth-order valence-electron chi connectivity index (χ4n) is 1.52. The van der Waals surface area contributed by atoms with Gasteiger partial charge in [0.05, 0.1) is 0 Å². The van der Waals surface area contributed by atoms with Gasteiger partial charge in [0.15, 0.2) is 6.23 Å². The molecule has 1 saturated heterocycles. The number of para-hydroxylation sites is 1. The molecule has 1 radical (unpaired) electrons. The third-order valence-electron chi connectivity index (χ3n) is 2.30. The van der Waals surface area contributed by atoms with Crippen molar-refractivity contribution in [3.63, 3.8) is 0 Å². The monoisotopic (exact) mass is 176 g/mol. The Labute approximate surface area is 78.9 Å². The van der Waals surface area contributed by atoms with Gasteiger partial charge in [0.2, 0.25) is 0 Å². The summed E-state index contributed by atoms with van der Waals surface area (Å²) in [6.45, 7) is 3.01. The highest BCUT2D eigenvalue weighted by Gasteiger charge is 2.17. The quantitative estimate of drug-likeness (QED) is 0.676. The molecule has 0 saturated carbocycles. The van der Waals surface area contributed by atoms with Crippen LogP contribution in [0.3, 0.4) is 0 Å². The van der Waals surface area contributed by atoms with Crippen LogP contribution in [0, 0.1) is 6.92 Å². The van der Waals surface area contributed by atoms with E-state index >= 15 is 0 Å². The minimum Gasteiger partial charge on any atom is -0.474 e. The van der Waals surface area contributed by atoms with E-state index in [1.807, 2.05) is 18.2 Å². The lowest BCUT2D eigenvalue weighted by Gasteiger charge is -2.13. The smallest absolute Gasteiger partial charge is 0.165 e. The van der Waals surface area contributed by atoms with Gasteiger partial charge < -0.3 is 4.74 Å². The molecule has 2 rings (SSSR count). The Bertz CT molecular complexity index is 279. The highest BCUT2D eigenvalue weighted by molar-refractivity contribution is 5.31. The van der Waals surface area contributed by atoms with Crippen molar-refractivity contribution in [3.05, 3.63) is 29.8 Å². The predicted molar refractivity (Wildman–Crippen MR) is 51.8 cm³/mol. The minimum absolute atomic E-state index is 0.0982. The molecule has 0 spiro atoms. The van der Waals surface area contributed by atoms with E-state index in [4.69, 9.17) is 4.74 Å². The molecule has 1 aromatic carbocycles. The van der Waals surface area contributed by atoms with Gasteiger partial charge in [0.25, 0.3) is 0 Å². The largest absolute Gasteiger partial charge is 0.474 e. The second-order valence-electron chi connectivity index (χ2n) is 3.39. The molecule has 2 heteroatoms. The van der Waals surface area contributed by atoms with E-state index in [2.05, 4.69) is 18.3 Å². The third kappa shape index (κ3) is 2.01. The second-order valence-corrected chi connectivity index (χ2v) is 3.39. The van der Waals surface area contributed by atoms with Crippen LogP contribution in [0.4, 0.5) is 0 Å². The molecule has 0 aromatic heterocycles. The van der Waals surface area contributed by atoms with Crippen LogP contribution in [0.1, 0.15) is 18.4 Å². The number of rotatable bonds is 2. The molecular weight excluding hydrogens is 162 g/mol. The number of nitrogens with zero attached hydrogens (tertiary/aromatic N) is 1. The zero-order chi connectivity index (χ0) is 9.10. The molecule has 0 bridgehead atoms. The van der Waals surface area contributed by atoms with E-state index in [-0.39, 0.29) is 6.23 Å². The van der Waals surface area contributed by atoms with E-state index in [1.54, 1.807) is 0 Å². The van der Waals surface area contributed by atoms with Crippen LogP contribution >= 0.6 is 0 Å². The van der Waals surface area contributed by atoms with Crippen LogP contribution in [-0.2, 0) is 0 Å². The highest BCUT2D eigenvalue weighted by atomic mass is 16.5. The van der Waals surface area contributed by atoms with Crippen LogP contribution < -0.4 is 10.1 Å². The van der Waals surface area contributed by atoms with Gasteiger partial charge in [-0.15, -0.1) is 0 Å². The molecule has 13 heavy (non-hydrogen) atoms. The molecular formula is C11H14NO. The standard InChI is InChI=1S/C11H14NO/c1-9-5-2-3-6-10(9)13-11-7-4-8-12-11/h2-3,5-6,11H,4,7-8H2,1H3. The van der Waals surface area contributed by atoms with Crippen LogP contribution in [0.5, 0.6) is 5.75 Å². The minimum atomic E-state index is 0.0982. The Hall–Kier alpha value is -1.02. The number of hydrogen-bond donors (Lipinski definition) is 0. The molecule has 1 aromatic rings. The summed E-state index contributed by atoms with van der Waals surface area (Å²) in [5.41, 5.74) is 1.18. The van der Waals surface area contributed by atoms with E-state index in [9.17, 15) is 0 Å². The van der Waals surface area contributed by atoms with Gasteiger partial charge in [0, 0.05) is 13.0 Å². The first-order valence-corrected chi connectivity index (χ1v) is 4.75. The first-order chi connectivity index (χ1) is 6.36. The Morgan fingerprint density at radius 1 is 1.38 bits per heavy atom. The maximum atomic E-state index is 5.74. The van der Waals surface area contributed by atoms with Crippen LogP contribution in [0.25, 0.3) is 0 Å². The SMILES string of the molecule is Cc1ccccc1OC1CCC[N]1. The van der Waals surface area contributed by atoms with Gasteiger partial charge in [-0.3, -0.25) is 0 Å². The Kier molecular flexibility index (Phi) is 2.50. The predicted octanol–water partition coefficient (Wildman–Crippen LogP) is 2.10. The average Bonchev–Trinajstić information content (AvgIpc) is 2.61. The Balaban J connectivity index is 2.04. The lowest BCUT2D eigenvalue weighted by molar-refractivity contribution is 0.183. The molecule has 1 heterocycles. The summed E-state index contributed by atoms with van der Waals surface area (Å²) in [6, 6.07) is 8.08. The number of benzene rings is 1. The van der Waals surface area contributed by atoms with Crippen molar-refractivity contribution in [2.24, 2.45) is 0 Å². The van der Waals surface area contributed by atoms with E-state index in [1.165, 1.54) is 5.56 Å². The zero-order valence-electron chi connectivity index (χ0n) is 7.86. The number of ether oxygens (including phenoxy) is 1. The molecule has 69 valence electrons. The lowest BCUT2D eigenvalue weighted by Crippen LogP contribution is -2.21. The molecule has 2 nitrogen and oxygen atoms in total. The summed E-state index contributed by atoms with van der Waals surface area (Å²) in [4.78, 5) is 0. The fraction of sp³-hybridized carbons (Fsp3) is 0.455. The lowest BCUT2D eigenvalue weighted by atomic mass is 10.2. The molecule has 0 N–H and O–H groups in total. The summed E-state index contributed by atoms with van der Waals surface area (Å²) < 4.78 is 5.74. The maximum Gasteiger partial charge on any atom is 0.165 e. The molecule has 0 aliphatic carbocycles. The van der Waals surface area contributed by atoms with Crippen molar-refractivity contribution >= 4 is 0 Å². The summed E-state index contributed by atoms with van der Waals surface area (Å²) in [5, 5.41) is 4.35. The number of hydrogen-bond acceptors (Lipinski definition) is 1. The number of aryl methyl sites for hydroxylation is 1. The summed E-state index contributed by atoms with van der Waals surface area (Å²) in [7, 11) is 0. The Morgan fingerprint density at radius 3 is 2.92 bits per heavy atom. The average molecular weight is 176 g/mol. The van der Waals surface area contributed by atoms with Crippen molar-refractivity contribution in [3.8, 4) is 5.75 Å². The maximum absolute atomic E-state index is 5.74. The van der Waals surface area contributed by atoms with Crippen molar-refractivity contribution in [1.29, 1.82) is 0 Å². The van der Waals surface area contributed by atoms with Crippen molar-refractivity contribution < 1.29 is 4.74 Å². The fourth-order valence-corrected chi connectivity index (χ4v) is 1.52. The van der Waals surface area contributed by atoms with E-state index in [0.29, 0.717) is 0 Å². The molecule has 0 amide bonds. The van der Waals surface area contributed by atoms with Crippen molar-refractivity contribution in [2.75, 3.05) is 6.54 Å². The van der Waals surface area contributed by atoms with Gasteiger partial charge in [-0.2, -0.15) is 0 Å². The Morgan fingerprint density at radius 2 is 2.23 bits per heavy atom. The van der Waals surface area contributed by atoms with Gasteiger partial charge in [-0.25, -0.2) is 5.32 Å². The van der Waals surface area contributed by atoms with Gasteiger partial charge in [-0.1, -0.05) is 18.2 Å². The first-order valence-electron chi connectivity index (χ1n) is 4.75. The van der Waals surface area contributed by atoms with Crippen molar-refractivity contribution in [2.45, 2.75) is 26.0 Å². The van der Waals surface area contributed by atoms with Gasteiger partial charge in [-0.05, 0) is 25.0 Å². The zero-order valence-corrected chi connectivity index (χ0v) is 7.86. The molecule has 1 fully saturated rings. The summed E-state index contributed by atoms with van der Waals surface area (Å²) in [6.07, 6.45) is 2.33. The van der Waals surface area contributed by atoms with Crippen molar-refractivity contribution in [1.82, 2.24) is 5.32 Å². The van der Waals surface area contributed by atoms with E-state index < -0.39 is 0 Å². The highest BCUT2D eigenvalue weighted by Crippen LogP contribution is 2.20. The summed E-state index contributed by atoms with van der Waals surface area (Å²) >= 11 is 0. The molecule has 1 aliphatic rings. The van der Waals surface area contributed by atoms with Gasteiger partial charge >= 0.3 is 0 Å². The van der Waals surface area contributed by atoms with Crippen LogP contribution in [-0.4, -0.2) is 12.8 Å². The molecule has 1 aliphatic heterocycles. The first kappa shape index (κ1) is 8.57. The van der Waals surface area contributed by atoms with Crippen LogP contribution in [0.15, 0.2) is 24.3 Å². The topological polar surface area (TPSA) is 23.3 Å². The normalized spacial score (nSPS) is 21.8. The third-order valence-corrected chi connectivity index (χ3v) is 2.30. The van der Waals surface area contributed by atoms with E-state index in [0.717, 1.165) is 25.1 Å². The van der Waals surface area contributed by atoms with Crippen LogP contribution in [0.2, 0.25) is 0 Å². The molecule has 1 atom stereocenters. The summed E-state index contributed by atoms with van der Waals surface area (Å²) in [5.74, 6) is 0.971. The second kappa shape index (κ2) is 3.79. The molecule has 1 unspecified atom stereocenters.